The monoisotopic (exact) mass is 445 g/mol. The summed E-state index contributed by atoms with van der Waals surface area (Å²) in [6.07, 6.45) is 1.40. The predicted molar refractivity (Wildman–Crippen MR) is 129 cm³/mol. The van der Waals surface area contributed by atoms with Crippen LogP contribution in [-0.2, 0) is 10.0 Å². The number of aryl methyl sites for hydroxylation is 3. The molecule has 0 aromatic heterocycles. The Labute approximate surface area is 183 Å². The first-order chi connectivity index (χ1) is 13.7. The zero-order valence-electron chi connectivity index (χ0n) is 19.7. The minimum Gasteiger partial charge on any atom is -0.543 e. The molecule has 0 saturated carbocycles. The van der Waals surface area contributed by atoms with E-state index >= 15 is 0 Å². The number of sulfonamides is 1. The number of hydrogen-bond acceptors (Lipinski definition) is 3. The molecule has 0 radical (unpaired) electrons. The Kier molecular flexibility index (Phi) is 7.04. The first kappa shape index (κ1) is 24.3. The summed E-state index contributed by atoms with van der Waals surface area (Å²) in [6, 6.07) is 11.2. The molecule has 30 heavy (non-hydrogen) atoms. The zero-order chi connectivity index (χ0) is 22.9. The fourth-order valence-corrected chi connectivity index (χ4v) is 7.18. The molecule has 0 atom stereocenters. The molecule has 0 unspecified atom stereocenters. The van der Waals surface area contributed by atoms with Crippen molar-refractivity contribution in [1.29, 1.82) is 0 Å². The van der Waals surface area contributed by atoms with Crippen LogP contribution in [0, 0.1) is 26.7 Å². The normalized spacial score (nSPS) is 13.3. The summed E-state index contributed by atoms with van der Waals surface area (Å²) in [5, 5.41) is 0.116. The van der Waals surface area contributed by atoms with E-state index in [1.165, 1.54) is 6.21 Å². The maximum atomic E-state index is 12.8. The van der Waals surface area contributed by atoms with Crippen LogP contribution >= 0.6 is 0 Å². The van der Waals surface area contributed by atoms with Gasteiger partial charge in [-0.05, 0) is 85.8 Å². The van der Waals surface area contributed by atoms with Crippen molar-refractivity contribution in [2.75, 3.05) is 0 Å². The van der Waals surface area contributed by atoms with Crippen LogP contribution in [0.3, 0.4) is 0 Å². The third kappa shape index (κ3) is 5.21. The minimum atomic E-state index is -3.76. The number of nitrogens with zero attached hydrogens (tertiary/aromatic N) is 1. The topological polar surface area (TPSA) is 55.7 Å². The van der Waals surface area contributed by atoms with Crippen LogP contribution < -0.4 is 4.43 Å². The van der Waals surface area contributed by atoms with Crippen molar-refractivity contribution in [3.05, 3.63) is 58.7 Å². The van der Waals surface area contributed by atoms with Crippen molar-refractivity contribution in [3.8, 4) is 5.75 Å². The first-order valence-electron chi connectivity index (χ1n) is 10.3. The van der Waals surface area contributed by atoms with E-state index in [1.54, 1.807) is 13.8 Å². The van der Waals surface area contributed by atoms with Crippen molar-refractivity contribution in [2.45, 2.75) is 71.5 Å². The third-order valence-electron chi connectivity index (χ3n) is 6.45. The number of rotatable bonds is 7. The molecule has 0 amide bonds. The Bertz CT molecular complexity index is 1010. The lowest BCUT2D eigenvalue weighted by Crippen LogP contribution is -2.47. The molecule has 2 rings (SSSR count). The second-order valence-corrected chi connectivity index (χ2v) is 15.6. The highest BCUT2D eigenvalue weighted by Gasteiger charge is 2.44. The SMILES string of the molecule is Cc1cc(C)c(S(=O)(=O)/N=C/c2ccc(O[Si](C)(C)C(C)(C)C(C)C)cc2)c(C)c1. The molecule has 0 bridgehead atoms. The molecule has 6 heteroatoms. The van der Waals surface area contributed by atoms with Crippen LogP contribution in [0.1, 0.15) is 49.9 Å². The maximum absolute atomic E-state index is 12.8. The quantitative estimate of drug-likeness (QED) is 0.364. The van der Waals surface area contributed by atoms with Crippen molar-refractivity contribution < 1.29 is 12.8 Å². The van der Waals surface area contributed by atoms with Gasteiger partial charge in [0, 0.05) is 6.21 Å². The molecule has 0 saturated heterocycles. The zero-order valence-corrected chi connectivity index (χ0v) is 21.5. The molecule has 0 fully saturated rings. The standard InChI is InChI=1S/C24H35NO3SSi/c1-17(2)24(6,7)30(8,9)28-22-12-10-21(11-13-22)16-25-29(26,27)23-19(4)14-18(3)15-20(23)5/h10-17H,1-9H3/b25-16+. The van der Waals surface area contributed by atoms with Gasteiger partial charge in [0.15, 0.2) is 0 Å². The third-order valence-corrected chi connectivity index (χ3v) is 12.4. The Morgan fingerprint density at radius 1 is 1.00 bits per heavy atom. The van der Waals surface area contributed by atoms with Gasteiger partial charge in [-0.2, -0.15) is 12.8 Å². The number of benzene rings is 2. The van der Waals surface area contributed by atoms with Crippen LogP contribution in [0.2, 0.25) is 18.1 Å². The predicted octanol–water partition coefficient (Wildman–Crippen LogP) is 6.44. The van der Waals surface area contributed by atoms with Gasteiger partial charge in [0.1, 0.15) is 5.75 Å². The number of hydrogen-bond donors (Lipinski definition) is 0. The fraction of sp³-hybridized carbons (Fsp3) is 0.458. The molecule has 4 nitrogen and oxygen atoms in total. The largest absolute Gasteiger partial charge is 0.543 e. The molecule has 0 heterocycles. The van der Waals surface area contributed by atoms with Crippen molar-refractivity contribution >= 4 is 24.6 Å². The van der Waals surface area contributed by atoms with Crippen molar-refractivity contribution in [3.63, 3.8) is 0 Å². The van der Waals surface area contributed by atoms with Crippen molar-refractivity contribution in [2.24, 2.45) is 10.3 Å². The van der Waals surface area contributed by atoms with Crippen LogP contribution in [0.25, 0.3) is 0 Å². The van der Waals surface area contributed by atoms with E-state index in [0.717, 1.165) is 16.9 Å². The average molecular weight is 446 g/mol. The van der Waals surface area contributed by atoms with Crippen LogP contribution in [0.5, 0.6) is 5.75 Å². The van der Waals surface area contributed by atoms with E-state index in [0.29, 0.717) is 17.0 Å². The van der Waals surface area contributed by atoms with Gasteiger partial charge in [0.05, 0.1) is 4.90 Å². The fourth-order valence-electron chi connectivity index (χ4n) is 3.50. The summed E-state index contributed by atoms with van der Waals surface area (Å²) in [5.74, 6) is 1.33. The van der Waals surface area contributed by atoms with Gasteiger partial charge in [-0.3, -0.25) is 0 Å². The second kappa shape index (κ2) is 8.67. The van der Waals surface area contributed by atoms with Crippen molar-refractivity contribution in [1.82, 2.24) is 0 Å². The Balaban J connectivity index is 2.23. The van der Waals surface area contributed by atoms with Gasteiger partial charge < -0.3 is 4.43 Å². The summed E-state index contributed by atoms with van der Waals surface area (Å²) >= 11 is 0. The second-order valence-electron chi connectivity index (χ2n) is 9.50. The highest BCUT2D eigenvalue weighted by atomic mass is 32.2. The molecule has 2 aromatic rings. The van der Waals surface area contributed by atoms with Gasteiger partial charge in [-0.25, -0.2) is 0 Å². The smallest absolute Gasteiger partial charge is 0.282 e. The highest BCUT2D eigenvalue weighted by molar-refractivity contribution is 7.90. The van der Waals surface area contributed by atoms with E-state index in [9.17, 15) is 8.42 Å². The Hall–Kier alpha value is -1.92. The van der Waals surface area contributed by atoms with Gasteiger partial charge >= 0.3 is 0 Å². The highest BCUT2D eigenvalue weighted by Crippen LogP contribution is 2.44. The molecular formula is C24H35NO3SSi. The summed E-state index contributed by atoms with van der Waals surface area (Å²) in [5.41, 5.74) is 3.19. The van der Waals surface area contributed by atoms with E-state index < -0.39 is 18.3 Å². The summed E-state index contributed by atoms with van der Waals surface area (Å²) in [6.45, 7) is 19.0. The van der Waals surface area contributed by atoms with E-state index in [1.807, 2.05) is 43.3 Å². The molecule has 2 aromatic carbocycles. The van der Waals surface area contributed by atoms with Crippen LogP contribution in [0.4, 0.5) is 0 Å². The van der Waals surface area contributed by atoms with E-state index in [4.69, 9.17) is 4.43 Å². The van der Waals surface area contributed by atoms with Crippen LogP contribution in [-0.4, -0.2) is 22.9 Å². The molecule has 164 valence electrons. The molecule has 0 spiro atoms. The van der Waals surface area contributed by atoms with E-state index in [-0.39, 0.29) is 9.93 Å². The summed E-state index contributed by atoms with van der Waals surface area (Å²) in [7, 11) is -5.75. The van der Waals surface area contributed by atoms with Gasteiger partial charge in [0.25, 0.3) is 18.3 Å². The molecule has 0 aliphatic heterocycles. The summed E-state index contributed by atoms with van der Waals surface area (Å²) in [4.78, 5) is 0.285. The molecule has 0 aliphatic rings. The van der Waals surface area contributed by atoms with Crippen LogP contribution in [0.15, 0.2) is 45.7 Å². The average Bonchev–Trinajstić information content (AvgIpc) is 2.59. The Morgan fingerprint density at radius 2 is 1.50 bits per heavy atom. The van der Waals surface area contributed by atoms with Gasteiger partial charge in [-0.1, -0.05) is 45.4 Å². The molecule has 0 N–H and O–H groups in total. The lowest BCUT2D eigenvalue weighted by atomic mass is 9.99. The first-order valence-corrected chi connectivity index (χ1v) is 14.7. The lowest BCUT2D eigenvalue weighted by molar-refractivity contribution is 0.394. The molecule has 0 aliphatic carbocycles. The summed E-state index contributed by atoms with van der Waals surface area (Å²) < 4.78 is 35.9. The lowest BCUT2D eigenvalue weighted by Gasteiger charge is -2.42. The molecular weight excluding hydrogens is 410 g/mol. The van der Waals surface area contributed by atoms with Gasteiger partial charge in [-0.15, -0.1) is 0 Å². The maximum Gasteiger partial charge on any atom is 0.282 e. The minimum absolute atomic E-state index is 0.116. The van der Waals surface area contributed by atoms with Gasteiger partial charge in [0.2, 0.25) is 0 Å². The van der Waals surface area contributed by atoms with E-state index in [2.05, 4.69) is 45.2 Å². The Morgan fingerprint density at radius 3 is 1.97 bits per heavy atom.